The molecule has 0 spiro atoms. The van der Waals surface area contributed by atoms with Gasteiger partial charge in [0.2, 0.25) is 10.0 Å². The molecule has 1 N–H and O–H groups in total. The van der Waals surface area contributed by atoms with E-state index in [1.54, 1.807) is 24.3 Å². The molecule has 0 aromatic heterocycles. The van der Waals surface area contributed by atoms with E-state index >= 15 is 0 Å². The average molecular weight is 370 g/mol. The van der Waals surface area contributed by atoms with Gasteiger partial charge in [-0.1, -0.05) is 73.7 Å². The lowest BCUT2D eigenvalue weighted by molar-refractivity contribution is 0.579. The van der Waals surface area contributed by atoms with E-state index in [0.29, 0.717) is 0 Å². The predicted octanol–water partition coefficient (Wildman–Crippen LogP) is 4.64. The minimum Gasteiger partial charge on any atom is -0.210 e. The van der Waals surface area contributed by atoms with Crippen LogP contribution in [-0.2, 0) is 10.0 Å². The molecule has 0 aliphatic rings. The molecule has 0 aliphatic heterocycles. The number of hydrogen-bond donors (Lipinski definition) is 1. The van der Waals surface area contributed by atoms with Crippen LogP contribution >= 0.6 is 0 Å². The molecule has 2 aromatic rings. The van der Waals surface area contributed by atoms with Crippen LogP contribution in [-0.4, -0.2) is 15.0 Å². The maximum atomic E-state index is 12.5. The number of sulfonamides is 1. The SMILES string of the molecule is CCCCCC#CC(CNS(=O)(=O)c1ccc(C)cc1)c1ccccc1. The van der Waals surface area contributed by atoms with Gasteiger partial charge in [-0.2, -0.15) is 0 Å². The van der Waals surface area contributed by atoms with Crippen LogP contribution in [0.5, 0.6) is 0 Å². The van der Waals surface area contributed by atoms with E-state index in [1.807, 2.05) is 37.3 Å². The minimum atomic E-state index is -3.54. The Morgan fingerprint density at radius 2 is 1.69 bits per heavy atom. The summed E-state index contributed by atoms with van der Waals surface area (Å²) in [4.78, 5) is 0.283. The Labute approximate surface area is 157 Å². The van der Waals surface area contributed by atoms with Crippen LogP contribution in [0.2, 0.25) is 0 Å². The van der Waals surface area contributed by atoms with E-state index < -0.39 is 10.0 Å². The largest absolute Gasteiger partial charge is 0.240 e. The molecule has 1 atom stereocenters. The van der Waals surface area contributed by atoms with Crippen molar-refractivity contribution in [2.75, 3.05) is 6.54 Å². The van der Waals surface area contributed by atoms with Crippen molar-refractivity contribution in [3.63, 3.8) is 0 Å². The third-order valence-corrected chi connectivity index (χ3v) is 5.63. The van der Waals surface area contributed by atoms with E-state index in [-0.39, 0.29) is 17.4 Å². The molecule has 3 nitrogen and oxygen atoms in total. The lowest BCUT2D eigenvalue weighted by Gasteiger charge is -2.13. The van der Waals surface area contributed by atoms with E-state index in [0.717, 1.165) is 24.0 Å². The molecule has 0 saturated carbocycles. The third kappa shape index (κ3) is 6.33. The van der Waals surface area contributed by atoms with Gasteiger partial charge in [-0.05, 0) is 31.0 Å². The lowest BCUT2D eigenvalue weighted by Crippen LogP contribution is -2.28. The maximum absolute atomic E-state index is 12.5. The van der Waals surface area contributed by atoms with Gasteiger partial charge >= 0.3 is 0 Å². The molecule has 4 heteroatoms. The van der Waals surface area contributed by atoms with Gasteiger partial charge in [-0.15, -0.1) is 5.92 Å². The molecule has 0 aliphatic carbocycles. The first-order valence-electron chi connectivity index (χ1n) is 9.12. The highest BCUT2D eigenvalue weighted by atomic mass is 32.2. The van der Waals surface area contributed by atoms with Crippen LogP contribution in [0.25, 0.3) is 0 Å². The fourth-order valence-corrected chi connectivity index (χ4v) is 3.64. The lowest BCUT2D eigenvalue weighted by atomic mass is 10.00. The van der Waals surface area contributed by atoms with E-state index in [1.165, 1.54) is 12.8 Å². The van der Waals surface area contributed by atoms with Crippen molar-refractivity contribution < 1.29 is 8.42 Å². The Hall–Kier alpha value is -2.09. The Balaban J connectivity index is 2.09. The first-order chi connectivity index (χ1) is 12.5. The van der Waals surface area contributed by atoms with E-state index in [4.69, 9.17) is 0 Å². The van der Waals surface area contributed by atoms with Gasteiger partial charge in [0, 0.05) is 13.0 Å². The van der Waals surface area contributed by atoms with Crippen LogP contribution in [0, 0.1) is 18.8 Å². The second-order valence-electron chi connectivity index (χ2n) is 6.41. The summed E-state index contributed by atoms with van der Waals surface area (Å²) < 4.78 is 27.8. The smallest absolute Gasteiger partial charge is 0.210 e. The molecular weight excluding hydrogens is 342 g/mol. The highest BCUT2D eigenvalue weighted by Crippen LogP contribution is 2.16. The summed E-state index contributed by atoms with van der Waals surface area (Å²) in [6.45, 7) is 4.37. The number of rotatable bonds is 8. The first-order valence-corrected chi connectivity index (χ1v) is 10.6. The molecule has 0 amide bonds. The highest BCUT2D eigenvalue weighted by Gasteiger charge is 2.16. The number of aryl methyl sites for hydroxylation is 1. The van der Waals surface area contributed by atoms with Crippen molar-refractivity contribution in [3.8, 4) is 11.8 Å². The number of unbranched alkanes of at least 4 members (excludes halogenated alkanes) is 3. The first kappa shape index (κ1) is 20.2. The van der Waals surface area contributed by atoms with Gasteiger partial charge in [-0.25, -0.2) is 13.1 Å². The Morgan fingerprint density at radius 3 is 2.35 bits per heavy atom. The molecule has 0 radical (unpaired) electrons. The second kappa shape index (κ2) is 10.2. The molecule has 26 heavy (non-hydrogen) atoms. The van der Waals surface area contributed by atoms with Crippen molar-refractivity contribution in [3.05, 3.63) is 65.7 Å². The van der Waals surface area contributed by atoms with E-state index in [2.05, 4.69) is 23.5 Å². The summed E-state index contributed by atoms with van der Waals surface area (Å²) >= 11 is 0. The van der Waals surface area contributed by atoms with Crippen LogP contribution < -0.4 is 4.72 Å². The zero-order chi connectivity index (χ0) is 18.8. The van der Waals surface area contributed by atoms with Crippen LogP contribution in [0.3, 0.4) is 0 Å². The van der Waals surface area contributed by atoms with Crippen molar-refractivity contribution in [2.45, 2.75) is 50.3 Å². The summed E-state index contributed by atoms with van der Waals surface area (Å²) in [5, 5.41) is 0. The molecule has 0 fully saturated rings. The Kier molecular flexibility index (Phi) is 7.90. The van der Waals surface area contributed by atoms with Crippen LogP contribution in [0.1, 0.15) is 49.7 Å². The van der Waals surface area contributed by atoms with E-state index in [9.17, 15) is 8.42 Å². The molecule has 0 saturated heterocycles. The van der Waals surface area contributed by atoms with Gasteiger partial charge < -0.3 is 0 Å². The van der Waals surface area contributed by atoms with Crippen molar-refractivity contribution in [1.82, 2.24) is 4.72 Å². The number of hydrogen-bond acceptors (Lipinski definition) is 2. The third-order valence-electron chi connectivity index (χ3n) is 4.19. The van der Waals surface area contributed by atoms with Gasteiger partial charge in [0.05, 0.1) is 10.8 Å². The summed E-state index contributed by atoms with van der Waals surface area (Å²) in [6, 6.07) is 16.7. The van der Waals surface area contributed by atoms with Crippen molar-refractivity contribution in [2.24, 2.45) is 0 Å². The Bertz CT molecular complexity index is 831. The molecule has 0 heterocycles. The Morgan fingerprint density at radius 1 is 1.00 bits per heavy atom. The monoisotopic (exact) mass is 369 g/mol. The molecule has 2 aromatic carbocycles. The summed E-state index contributed by atoms with van der Waals surface area (Å²) in [7, 11) is -3.54. The van der Waals surface area contributed by atoms with Crippen LogP contribution in [0.4, 0.5) is 0 Å². The molecule has 138 valence electrons. The van der Waals surface area contributed by atoms with Gasteiger partial charge in [0.1, 0.15) is 0 Å². The van der Waals surface area contributed by atoms with Crippen LogP contribution in [0.15, 0.2) is 59.5 Å². The average Bonchev–Trinajstić information content (AvgIpc) is 2.65. The molecule has 0 bridgehead atoms. The topological polar surface area (TPSA) is 46.2 Å². The van der Waals surface area contributed by atoms with Gasteiger partial charge in [-0.3, -0.25) is 0 Å². The quantitative estimate of drug-likeness (QED) is 0.544. The summed E-state index contributed by atoms with van der Waals surface area (Å²) in [5.74, 6) is 6.31. The molecule has 2 rings (SSSR count). The summed E-state index contributed by atoms with van der Waals surface area (Å²) in [5.41, 5.74) is 2.06. The standard InChI is InChI=1S/C22H27NO2S/c1-3-4-5-6-8-13-21(20-11-9-7-10-12-20)18-23-26(24,25)22-16-14-19(2)15-17-22/h7,9-12,14-17,21,23H,3-6,18H2,1-2H3. The fourth-order valence-electron chi connectivity index (χ4n) is 2.59. The van der Waals surface area contributed by atoms with Gasteiger partial charge in [0.25, 0.3) is 0 Å². The van der Waals surface area contributed by atoms with Crippen molar-refractivity contribution in [1.29, 1.82) is 0 Å². The minimum absolute atomic E-state index is 0.155. The van der Waals surface area contributed by atoms with Crippen molar-refractivity contribution >= 4 is 10.0 Å². The molecule has 1 unspecified atom stereocenters. The predicted molar refractivity (Wildman–Crippen MR) is 107 cm³/mol. The summed E-state index contributed by atoms with van der Waals surface area (Å²) in [6.07, 6.45) is 4.27. The maximum Gasteiger partial charge on any atom is 0.240 e. The fraction of sp³-hybridized carbons (Fsp3) is 0.364. The molecular formula is C22H27NO2S. The second-order valence-corrected chi connectivity index (χ2v) is 8.17. The number of nitrogens with one attached hydrogen (secondary N) is 1. The highest BCUT2D eigenvalue weighted by molar-refractivity contribution is 7.89. The zero-order valence-electron chi connectivity index (χ0n) is 15.5. The normalized spacial score (nSPS) is 12.2. The number of benzene rings is 2. The zero-order valence-corrected chi connectivity index (χ0v) is 16.4. The van der Waals surface area contributed by atoms with Gasteiger partial charge in [0.15, 0.2) is 0 Å².